The minimum absolute atomic E-state index is 0.0263. The summed E-state index contributed by atoms with van der Waals surface area (Å²) in [5, 5.41) is 9.49. The van der Waals surface area contributed by atoms with Crippen LogP contribution in [-0.4, -0.2) is 18.4 Å². The molecule has 0 aliphatic heterocycles. The molecule has 1 amide bonds. The number of nitrogens with one attached hydrogen (secondary N) is 3. The van der Waals surface area contributed by atoms with Crippen LogP contribution < -0.4 is 16.0 Å². The summed E-state index contributed by atoms with van der Waals surface area (Å²) in [6, 6.07) is 18.0. The Hall–Kier alpha value is -2.82. The molecule has 26 heavy (non-hydrogen) atoms. The number of nitrogens with zero attached hydrogens (tertiary/aromatic N) is 1. The Bertz CT molecular complexity index is 709. The van der Waals surface area contributed by atoms with E-state index in [-0.39, 0.29) is 11.8 Å². The van der Waals surface area contributed by atoms with Gasteiger partial charge in [-0.05, 0) is 30.2 Å². The summed E-state index contributed by atoms with van der Waals surface area (Å²) in [7, 11) is 0. The fraction of sp³-hybridized carbons (Fsp3) is 0.333. The van der Waals surface area contributed by atoms with Crippen molar-refractivity contribution in [2.75, 3.05) is 11.9 Å². The molecule has 3 N–H and O–H groups in total. The van der Waals surface area contributed by atoms with E-state index in [9.17, 15) is 4.79 Å². The summed E-state index contributed by atoms with van der Waals surface area (Å²) >= 11 is 0. The van der Waals surface area contributed by atoms with Crippen LogP contribution in [0.1, 0.15) is 31.9 Å². The number of guanidine groups is 1. The Morgan fingerprint density at radius 1 is 0.962 bits per heavy atom. The van der Waals surface area contributed by atoms with Crippen LogP contribution in [0.25, 0.3) is 0 Å². The zero-order valence-corrected chi connectivity index (χ0v) is 15.8. The van der Waals surface area contributed by atoms with Gasteiger partial charge in [-0.3, -0.25) is 4.79 Å². The van der Waals surface area contributed by atoms with Crippen LogP contribution in [0.3, 0.4) is 0 Å². The molecule has 0 aliphatic rings. The van der Waals surface area contributed by atoms with Crippen molar-refractivity contribution in [2.45, 2.75) is 33.9 Å². The summed E-state index contributed by atoms with van der Waals surface area (Å²) in [6.07, 6.45) is 0. The van der Waals surface area contributed by atoms with Crippen molar-refractivity contribution in [3.8, 4) is 0 Å². The first-order valence-electron chi connectivity index (χ1n) is 9.04. The van der Waals surface area contributed by atoms with E-state index >= 15 is 0 Å². The number of aliphatic imine (C=N–C) groups is 1. The number of benzene rings is 2. The Kier molecular flexibility index (Phi) is 7.68. The van der Waals surface area contributed by atoms with E-state index in [1.165, 1.54) is 5.56 Å². The number of carbonyl (C=O) groups excluding carboxylic acids is 1. The Balaban J connectivity index is 1.90. The molecule has 5 nitrogen and oxygen atoms in total. The maximum absolute atomic E-state index is 11.7. The van der Waals surface area contributed by atoms with Crippen LogP contribution in [0, 0.1) is 5.92 Å². The summed E-state index contributed by atoms with van der Waals surface area (Å²) in [5.41, 5.74) is 3.12. The second-order valence-electron chi connectivity index (χ2n) is 6.38. The average Bonchev–Trinajstić information content (AvgIpc) is 2.66. The lowest BCUT2D eigenvalue weighted by Gasteiger charge is -2.12. The smallest absolute Gasteiger partial charge is 0.226 e. The molecule has 5 heteroatoms. The fourth-order valence-corrected chi connectivity index (χ4v) is 2.27. The molecule has 0 aromatic heterocycles. The maximum Gasteiger partial charge on any atom is 0.226 e. The van der Waals surface area contributed by atoms with Crippen LogP contribution in [-0.2, 0) is 17.9 Å². The van der Waals surface area contributed by atoms with E-state index in [0.29, 0.717) is 13.1 Å². The van der Waals surface area contributed by atoms with E-state index in [1.54, 1.807) is 0 Å². The highest BCUT2D eigenvalue weighted by Crippen LogP contribution is 2.11. The number of amides is 1. The Morgan fingerprint density at radius 3 is 2.27 bits per heavy atom. The lowest BCUT2D eigenvalue weighted by Crippen LogP contribution is -2.36. The third-order valence-electron chi connectivity index (χ3n) is 3.81. The predicted molar refractivity (Wildman–Crippen MR) is 108 cm³/mol. The summed E-state index contributed by atoms with van der Waals surface area (Å²) in [5.74, 6) is 0.784. The Morgan fingerprint density at radius 2 is 1.65 bits per heavy atom. The molecule has 0 saturated carbocycles. The van der Waals surface area contributed by atoms with Gasteiger partial charge in [-0.1, -0.05) is 56.3 Å². The summed E-state index contributed by atoms with van der Waals surface area (Å²) in [4.78, 5) is 16.3. The van der Waals surface area contributed by atoms with Crippen molar-refractivity contribution in [1.82, 2.24) is 10.6 Å². The van der Waals surface area contributed by atoms with Crippen molar-refractivity contribution < 1.29 is 4.79 Å². The fourth-order valence-electron chi connectivity index (χ4n) is 2.27. The quantitative estimate of drug-likeness (QED) is 0.527. The predicted octanol–water partition coefficient (Wildman–Crippen LogP) is 3.54. The standard InChI is InChI=1S/C21H28N4O/c1-4-22-21(23-14-17-8-6-5-7-9-17)24-15-18-10-12-19(13-11-18)25-20(26)16(2)3/h5-13,16H,4,14-15H2,1-3H3,(H,25,26)(H2,22,23,24). The molecule has 0 unspecified atom stereocenters. The minimum Gasteiger partial charge on any atom is -0.357 e. The summed E-state index contributed by atoms with van der Waals surface area (Å²) < 4.78 is 0. The normalized spacial score (nSPS) is 11.3. The molecule has 0 spiro atoms. The molecule has 0 saturated heterocycles. The van der Waals surface area contributed by atoms with Gasteiger partial charge in [-0.25, -0.2) is 4.99 Å². The van der Waals surface area contributed by atoms with Gasteiger partial charge in [-0.15, -0.1) is 0 Å². The first kappa shape index (κ1) is 19.5. The molecule has 0 fully saturated rings. The van der Waals surface area contributed by atoms with Crippen molar-refractivity contribution in [3.63, 3.8) is 0 Å². The third kappa shape index (κ3) is 6.59. The molecule has 138 valence electrons. The van der Waals surface area contributed by atoms with Crippen LogP contribution in [0.2, 0.25) is 0 Å². The van der Waals surface area contributed by atoms with Gasteiger partial charge in [0.2, 0.25) is 5.91 Å². The molecule has 2 rings (SSSR count). The van der Waals surface area contributed by atoms with E-state index in [2.05, 4.69) is 33.1 Å². The van der Waals surface area contributed by atoms with Crippen molar-refractivity contribution >= 4 is 17.6 Å². The SMILES string of the molecule is CCNC(=NCc1ccccc1)NCc1ccc(NC(=O)C(C)C)cc1. The molecular formula is C21H28N4O. The highest BCUT2D eigenvalue weighted by atomic mass is 16.1. The number of rotatable bonds is 7. The van der Waals surface area contributed by atoms with Crippen molar-refractivity contribution in [2.24, 2.45) is 10.9 Å². The van der Waals surface area contributed by atoms with E-state index in [1.807, 2.05) is 63.2 Å². The third-order valence-corrected chi connectivity index (χ3v) is 3.81. The highest BCUT2D eigenvalue weighted by molar-refractivity contribution is 5.92. The van der Waals surface area contributed by atoms with Crippen LogP contribution >= 0.6 is 0 Å². The number of hydrogen-bond acceptors (Lipinski definition) is 2. The lowest BCUT2D eigenvalue weighted by atomic mass is 10.1. The van der Waals surface area contributed by atoms with Gasteiger partial charge < -0.3 is 16.0 Å². The largest absolute Gasteiger partial charge is 0.357 e. The molecule has 0 atom stereocenters. The van der Waals surface area contributed by atoms with Gasteiger partial charge >= 0.3 is 0 Å². The second-order valence-corrected chi connectivity index (χ2v) is 6.38. The van der Waals surface area contributed by atoms with Gasteiger partial charge in [0.15, 0.2) is 5.96 Å². The van der Waals surface area contributed by atoms with Gasteiger partial charge in [-0.2, -0.15) is 0 Å². The van der Waals surface area contributed by atoms with Crippen molar-refractivity contribution in [3.05, 3.63) is 65.7 Å². The van der Waals surface area contributed by atoms with Gasteiger partial charge in [0, 0.05) is 24.7 Å². The maximum atomic E-state index is 11.7. The van der Waals surface area contributed by atoms with Crippen molar-refractivity contribution in [1.29, 1.82) is 0 Å². The molecule has 2 aromatic carbocycles. The first-order valence-corrected chi connectivity index (χ1v) is 9.04. The second kappa shape index (κ2) is 10.2. The molecular weight excluding hydrogens is 324 g/mol. The molecule has 0 radical (unpaired) electrons. The minimum atomic E-state index is -0.0279. The molecule has 0 heterocycles. The number of carbonyl (C=O) groups is 1. The zero-order valence-electron chi connectivity index (χ0n) is 15.8. The van der Waals surface area contributed by atoms with Crippen LogP contribution in [0.4, 0.5) is 5.69 Å². The average molecular weight is 352 g/mol. The van der Waals surface area contributed by atoms with Gasteiger partial charge in [0.1, 0.15) is 0 Å². The molecule has 0 aliphatic carbocycles. The monoisotopic (exact) mass is 352 g/mol. The van der Waals surface area contributed by atoms with Gasteiger partial charge in [0.25, 0.3) is 0 Å². The van der Waals surface area contributed by atoms with Gasteiger partial charge in [0.05, 0.1) is 6.54 Å². The molecule has 2 aromatic rings. The topological polar surface area (TPSA) is 65.5 Å². The highest BCUT2D eigenvalue weighted by Gasteiger charge is 2.06. The summed E-state index contributed by atoms with van der Waals surface area (Å²) in [6.45, 7) is 7.91. The van der Waals surface area contributed by atoms with E-state index in [0.717, 1.165) is 23.8 Å². The lowest BCUT2D eigenvalue weighted by molar-refractivity contribution is -0.118. The van der Waals surface area contributed by atoms with Crippen LogP contribution in [0.5, 0.6) is 0 Å². The van der Waals surface area contributed by atoms with Crippen LogP contribution in [0.15, 0.2) is 59.6 Å². The first-order chi connectivity index (χ1) is 12.6. The van der Waals surface area contributed by atoms with E-state index in [4.69, 9.17) is 0 Å². The van der Waals surface area contributed by atoms with E-state index < -0.39 is 0 Å². The number of anilines is 1. The number of hydrogen-bond donors (Lipinski definition) is 3. The Labute approximate surface area is 155 Å². The zero-order chi connectivity index (χ0) is 18.8. The molecule has 0 bridgehead atoms.